The third kappa shape index (κ3) is 4.53. The molecule has 2 atom stereocenters. The first-order valence-corrected chi connectivity index (χ1v) is 20.0. The van der Waals surface area contributed by atoms with E-state index in [4.69, 9.17) is 9.41 Å². The number of furan rings is 1. The van der Waals surface area contributed by atoms with E-state index in [9.17, 15) is 0 Å². The Kier molecular flexibility index (Phi) is 7.05. The van der Waals surface area contributed by atoms with Gasteiger partial charge < -0.3 is 14.3 Å². The Morgan fingerprint density at radius 3 is 1.97 bits per heavy atom. The van der Waals surface area contributed by atoms with Crippen LogP contribution in [-0.4, -0.2) is 10.4 Å². The smallest absolute Gasteiger partial charge is 0.171 e. The summed E-state index contributed by atoms with van der Waals surface area (Å²) in [6.07, 6.45) is -0.455. The van der Waals surface area contributed by atoms with Crippen LogP contribution < -0.4 is 10.6 Å². The molecule has 0 bridgehead atoms. The van der Waals surface area contributed by atoms with E-state index in [0.717, 1.165) is 44.4 Å². The summed E-state index contributed by atoms with van der Waals surface area (Å²) in [6, 6.07) is 69.8. The molecule has 12 rings (SSSR count). The Bertz CT molecular complexity index is 3210. The summed E-state index contributed by atoms with van der Waals surface area (Å²) in [7, 11) is 0. The number of nitrogens with zero attached hydrogens (tertiary/aromatic N) is 2. The van der Waals surface area contributed by atoms with Crippen molar-refractivity contribution < 1.29 is 4.42 Å². The highest BCUT2D eigenvalue weighted by atomic mass is 16.3. The van der Waals surface area contributed by atoms with Crippen molar-refractivity contribution in [2.75, 3.05) is 0 Å². The van der Waals surface area contributed by atoms with Gasteiger partial charge in [-0.2, -0.15) is 0 Å². The van der Waals surface area contributed by atoms with Crippen LogP contribution in [0.1, 0.15) is 46.5 Å². The Balaban J connectivity index is 1.19. The highest BCUT2D eigenvalue weighted by Crippen LogP contribution is 2.59. The van der Waals surface area contributed by atoms with Crippen LogP contribution in [-0.2, 0) is 11.2 Å². The zero-order valence-electron chi connectivity index (χ0n) is 31.9. The molecule has 0 spiro atoms. The van der Waals surface area contributed by atoms with Gasteiger partial charge in [-0.1, -0.05) is 182 Å². The lowest BCUT2D eigenvalue weighted by molar-refractivity contribution is 0.189. The topological polar surface area (TPSA) is 54.5 Å². The minimum atomic E-state index is -0.893. The van der Waals surface area contributed by atoms with Crippen molar-refractivity contribution in [2.24, 2.45) is 4.99 Å². The molecular weight excluding hydrogens is 709 g/mol. The summed E-state index contributed by atoms with van der Waals surface area (Å²) >= 11 is 0. The SMILES string of the molecule is CC1(n2c3ccccc3c3ccc4c(c32)C(c2ccccc2)(c2ccccc2)c2ccccc2-4)NC(c2ccccc2)=NC(c2cccc3c2oc2ccccc23)N1. The first kappa shape index (κ1) is 33.0. The third-order valence-electron chi connectivity index (χ3n) is 12.5. The lowest BCUT2D eigenvalue weighted by Crippen LogP contribution is -2.62. The van der Waals surface area contributed by atoms with Crippen molar-refractivity contribution in [1.29, 1.82) is 0 Å². The first-order valence-electron chi connectivity index (χ1n) is 20.0. The number of hydrogen-bond donors (Lipinski definition) is 2. The molecule has 2 unspecified atom stereocenters. The van der Waals surface area contributed by atoms with Gasteiger partial charge in [-0.3, -0.25) is 5.32 Å². The molecule has 5 nitrogen and oxygen atoms in total. The number of amidine groups is 1. The largest absolute Gasteiger partial charge is 0.456 e. The van der Waals surface area contributed by atoms with Crippen molar-refractivity contribution in [3.63, 3.8) is 0 Å². The fourth-order valence-corrected chi connectivity index (χ4v) is 10.2. The zero-order chi connectivity index (χ0) is 38.4. The van der Waals surface area contributed by atoms with Gasteiger partial charge in [-0.05, 0) is 46.9 Å². The van der Waals surface area contributed by atoms with Gasteiger partial charge in [-0.15, -0.1) is 0 Å². The number of nitrogens with one attached hydrogen (secondary N) is 2. The van der Waals surface area contributed by atoms with E-state index in [-0.39, 0.29) is 0 Å². The Hall–Kier alpha value is -7.21. The fraction of sp³-hybridized carbons (Fsp3) is 0.0755. The number of benzene rings is 8. The van der Waals surface area contributed by atoms with Crippen LogP contribution >= 0.6 is 0 Å². The standard InChI is InChI=1S/C53H38N4O/c1-52(55-50(34-18-5-2-6-19-34)54-51(56-52)43-28-17-27-42-39-26-13-16-31-46(39)58-49(42)43)57-45-30-15-12-25-38(45)41-33-32-40-37-24-11-14-29-44(37)53(47(40)48(41)57,35-20-7-3-8-21-35)36-22-9-4-10-23-36/h2-33,51,56H,1H3,(H,54,55). The molecule has 2 aromatic heterocycles. The van der Waals surface area contributed by atoms with Crippen LogP contribution in [0.2, 0.25) is 0 Å². The Morgan fingerprint density at radius 2 is 1.19 bits per heavy atom. The van der Waals surface area contributed by atoms with Gasteiger partial charge >= 0.3 is 0 Å². The molecule has 0 radical (unpaired) electrons. The first-order chi connectivity index (χ1) is 28.6. The molecule has 1 aliphatic carbocycles. The van der Waals surface area contributed by atoms with Crippen LogP contribution in [0.4, 0.5) is 0 Å². The third-order valence-corrected chi connectivity index (χ3v) is 12.5. The lowest BCUT2D eigenvalue weighted by Gasteiger charge is -2.43. The molecule has 8 aromatic carbocycles. The van der Waals surface area contributed by atoms with Crippen molar-refractivity contribution in [1.82, 2.24) is 15.2 Å². The van der Waals surface area contributed by atoms with E-state index in [1.165, 1.54) is 49.7 Å². The van der Waals surface area contributed by atoms with Gasteiger partial charge in [0, 0.05) is 38.2 Å². The van der Waals surface area contributed by atoms with E-state index >= 15 is 0 Å². The van der Waals surface area contributed by atoms with Gasteiger partial charge in [-0.25, -0.2) is 4.99 Å². The molecule has 276 valence electrons. The molecule has 0 saturated carbocycles. The Labute approximate surface area is 335 Å². The monoisotopic (exact) mass is 746 g/mol. The van der Waals surface area contributed by atoms with E-state index < -0.39 is 17.4 Å². The van der Waals surface area contributed by atoms with Gasteiger partial charge in [0.15, 0.2) is 5.79 Å². The van der Waals surface area contributed by atoms with Gasteiger partial charge in [0.25, 0.3) is 0 Å². The van der Waals surface area contributed by atoms with E-state index in [1.807, 2.05) is 12.1 Å². The fourth-order valence-electron chi connectivity index (χ4n) is 10.2. The molecule has 2 N–H and O–H groups in total. The summed E-state index contributed by atoms with van der Waals surface area (Å²) in [5.74, 6) is -0.0880. The molecule has 0 saturated heterocycles. The second-order valence-electron chi connectivity index (χ2n) is 15.7. The van der Waals surface area contributed by atoms with E-state index in [2.05, 4.69) is 204 Å². The zero-order valence-corrected chi connectivity index (χ0v) is 31.9. The van der Waals surface area contributed by atoms with Gasteiger partial charge in [0.1, 0.15) is 23.2 Å². The quantitative estimate of drug-likeness (QED) is 0.184. The number of aromatic nitrogens is 1. The summed E-state index contributed by atoms with van der Waals surface area (Å²) in [5, 5.41) is 12.7. The summed E-state index contributed by atoms with van der Waals surface area (Å²) in [5.41, 5.74) is 12.9. The predicted molar refractivity (Wildman–Crippen MR) is 236 cm³/mol. The number of aliphatic imine (C=N–C) groups is 1. The number of para-hydroxylation sites is 3. The van der Waals surface area contributed by atoms with Crippen molar-refractivity contribution >= 4 is 49.6 Å². The van der Waals surface area contributed by atoms with Crippen molar-refractivity contribution in [2.45, 2.75) is 24.3 Å². The number of hydrogen-bond acceptors (Lipinski definition) is 4. The molecule has 5 heteroatoms. The van der Waals surface area contributed by atoms with Gasteiger partial charge in [0.2, 0.25) is 0 Å². The van der Waals surface area contributed by atoms with Crippen molar-refractivity contribution in [3.8, 4) is 11.1 Å². The average Bonchev–Trinajstić information content (AvgIpc) is 3.94. The van der Waals surface area contributed by atoms with E-state index in [1.54, 1.807) is 0 Å². The van der Waals surface area contributed by atoms with Crippen LogP contribution in [0.3, 0.4) is 0 Å². The maximum Gasteiger partial charge on any atom is 0.171 e. The summed E-state index contributed by atoms with van der Waals surface area (Å²) < 4.78 is 9.18. The molecule has 3 heterocycles. The van der Waals surface area contributed by atoms with Crippen LogP contribution in [0.25, 0.3) is 54.9 Å². The molecule has 1 aliphatic heterocycles. The maximum absolute atomic E-state index is 6.66. The van der Waals surface area contributed by atoms with E-state index in [0.29, 0.717) is 0 Å². The molecule has 0 amide bonds. The molecule has 58 heavy (non-hydrogen) atoms. The molecule has 2 aliphatic rings. The molecule has 10 aromatic rings. The second kappa shape index (κ2) is 12.4. The highest BCUT2D eigenvalue weighted by molar-refractivity contribution is 6.13. The minimum Gasteiger partial charge on any atom is -0.456 e. The van der Waals surface area contributed by atoms with Crippen LogP contribution in [0.15, 0.2) is 204 Å². The average molecular weight is 747 g/mol. The lowest BCUT2D eigenvalue weighted by atomic mass is 9.67. The minimum absolute atomic E-state index is 0.455. The second-order valence-corrected chi connectivity index (χ2v) is 15.7. The predicted octanol–water partition coefficient (Wildman–Crippen LogP) is 12.0. The normalized spacial score (nSPS) is 18.3. The highest BCUT2D eigenvalue weighted by Gasteiger charge is 2.49. The van der Waals surface area contributed by atoms with Crippen LogP contribution in [0, 0.1) is 0 Å². The summed E-state index contributed by atoms with van der Waals surface area (Å²) in [6.45, 7) is 2.26. The summed E-state index contributed by atoms with van der Waals surface area (Å²) in [4.78, 5) is 5.46. The number of fused-ring (bicyclic) bond motifs is 10. The number of rotatable bonds is 5. The van der Waals surface area contributed by atoms with Crippen LogP contribution in [0.5, 0.6) is 0 Å². The van der Waals surface area contributed by atoms with Crippen molar-refractivity contribution in [3.05, 3.63) is 228 Å². The molecule has 0 fully saturated rings. The Morgan fingerprint density at radius 1 is 0.552 bits per heavy atom. The van der Waals surface area contributed by atoms with Gasteiger partial charge in [0.05, 0.1) is 16.4 Å². The molecular formula is C53H38N4O. The maximum atomic E-state index is 6.66.